The summed E-state index contributed by atoms with van der Waals surface area (Å²) in [6, 6.07) is 6.48. The molecule has 16 heavy (non-hydrogen) atoms. The monoisotopic (exact) mass is 279 g/mol. The third-order valence-electron chi connectivity index (χ3n) is 3.35. The van der Waals surface area contributed by atoms with Crippen LogP contribution in [-0.2, 0) is 7.05 Å². The number of para-hydroxylation sites is 1. The molecule has 1 saturated heterocycles. The Morgan fingerprint density at radius 1 is 1.50 bits per heavy atom. The summed E-state index contributed by atoms with van der Waals surface area (Å²) in [5, 5.41) is 9.07. The van der Waals surface area contributed by atoms with Crippen LogP contribution in [0.5, 0.6) is 0 Å². The van der Waals surface area contributed by atoms with E-state index in [9.17, 15) is 0 Å². The van der Waals surface area contributed by atoms with E-state index in [0.717, 1.165) is 17.7 Å². The van der Waals surface area contributed by atoms with Crippen LogP contribution in [-0.4, -0.2) is 22.9 Å². The van der Waals surface area contributed by atoms with Crippen LogP contribution < -0.4 is 5.32 Å². The fourth-order valence-corrected chi connectivity index (χ4v) is 3.13. The van der Waals surface area contributed by atoms with Gasteiger partial charge in [-0.3, -0.25) is 4.68 Å². The predicted molar refractivity (Wildman–Crippen MR) is 68.6 cm³/mol. The summed E-state index contributed by atoms with van der Waals surface area (Å²) in [6.07, 6.45) is 1.22. The quantitative estimate of drug-likeness (QED) is 0.869. The van der Waals surface area contributed by atoms with Crippen LogP contribution in [0.1, 0.15) is 17.9 Å². The highest BCUT2D eigenvalue weighted by atomic mass is 79.9. The molecule has 1 N–H and O–H groups in total. The molecule has 0 spiro atoms. The molecule has 1 fully saturated rings. The number of aryl methyl sites for hydroxylation is 1. The van der Waals surface area contributed by atoms with Gasteiger partial charge in [-0.25, -0.2) is 0 Å². The molecule has 3 nitrogen and oxygen atoms in total. The molecule has 84 valence electrons. The van der Waals surface area contributed by atoms with Gasteiger partial charge in [0.25, 0.3) is 0 Å². The number of nitrogens with one attached hydrogen (secondary N) is 1. The normalized spacial score (nSPS) is 20.8. The fourth-order valence-electron chi connectivity index (χ4n) is 2.57. The molecule has 0 bridgehead atoms. The lowest BCUT2D eigenvalue weighted by Crippen LogP contribution is -2.08. The number of halogens is 1. The van der Waals surface area contributed by atoms with E-state index in [-0.39, 0.29) is 0 Å². The van der Waals surface area contributed by atoms with Crippen molar-refractivity contribution in [3.8, 4) is 0 Å². The summed E-state index contributed by atoms with van der Waals surface area (Å²) in [5.41, 5.74) is 2.69. The Bertz CT molecular complexity index is 526. The molecule has 0 radical (unpaired) electrons. The molecule has 0 amide bonds. The number of hydrogen-bond acceptors (Lipinski definition) is 2. The largest absolute Gasteiger partial charge is 0.316 e. The SMILES string of the molecule is Cn1nc(Br)c2cccc(C3CCNC3)c21. The van der Waals surface area contributed by atoms with Crippen molar-refractivity contribution in [1.82, 2.24) is 15.1 Å². The Hall–Kier alpha value is -0.870. The average Bonchev–Trinajstić information content (AvgIpc) is 2.88. The van der Waals surface area contributed by atoms with Crippen molar-refractivity contribution >= 4 is 26.8 Å². The highest BCUT2D eigenvalue weighted by molar-refractivity contribution is 9.10. The summed E-state index contributed by atoms with van der Waals surface area (Å²) < 4.78 is 2.92. The minimum absolute atomic E-state index is 0.631. The molecule has 1 aliphatic rings. The van der Waals surface area contributed by atoms with Crippen molar-refractivity contribution in [2.45, 2.75) is 12.3 Å². The first-order valence-corrected chi connectivity index (χ1v) is 6.38. The standard InChI is InChI=1S/C12H14BrN3/c1-16-11-9(8-5-6-14-7-8)3-2-4-10(11)12(13)15-16/h2-4,8,14H,5-7H2,1H3. The summed E-state index contributed by atoms with van der Waals surface area (Å²) >= 11 is 3.51. The van der Waals surface area contributed by atoms with Crippen molar-refractivity contribution in [1.29, 1.82) is 0 Å². The topological polar surface area (TPSA) is 29.9 Å². The van der Waals surface area contributed by atoms with Gasteiger partial charge in [0, 0.05) is 19.0 Å². The zero-order chi connectivity index (χ0) is 11.1. The van der Waals surface area contributed by atoms with Crippen LogP contribution >= 0.6 is 15.9 Å². The number of aromatic nitrogens is 2. The lowest BCUT2D eigenvalue weighted by Gasteiger charge is -2.11. The first kappa shape index (κ1) is 10.3. The third kappa shape index (κ3) is 1.48. The molecule has 1 aromatic carbocycles. The second-order valence-corrected chi connectivity index (χ2v) is 5.10. The Kier molecular flexibility index (Phi) is 2.48. The van der Waals surface area contributed by atoms with E-state index in [2.05, 4.69) is 44.5 Å². The molecule has 2 heterocycles. The fraction of sp³-hybridized carbons (Fsp3) is 0.417. The Balaban J connectivity index is 2.23. The van der Waals surface area contributed by atoms with Crippen LogP contribution in [0.3, 0.4) is 0 Å². The highest BCUT2D eigenvalue weighted by Gasteiger charge is 2.21. The van der Waals surface area contributed by atoms with Crippen molar-refractivity contribution in [3.63, 3.8) is 0 Å². The highest BCUT2D eigenvalue weighted by Crippen LogP contribution is 2.32. The Morgan fingerprint density at radius 2 is 2.38 bits per heavy atom. The van der Waals surface area contributed by atoms with Gasteiger partial charge in [-0.15, -0.1) is 0 Å². The zero-order valence-electron chi connectivity index (χ0n) is 9.20. The van der Waals surface area contributed by atoms with E-state index in [1.807, 2.05) is 11.7 Å². The Labute approximate surface area is 103 Å². The molecular formula is C12H14BrN3. The Morgan fingerprint density at radius 3 is 3.12 bits per heavy atom. The van der Waals surface area contributed by atoms with Gasteiger partial charge >= 0.3 is 0 Å². The maximum Gasteiger partial charge on any atom is 0.135 e. The molecule has 0 saturated carbocycles. The van der Waals surface area contributed by atoms with Gasteiger partial charge in [0.2, 0.25) is 0 Å². The van der Waals surface area contributed by atoms with Gasteiger partial charge in [-0.05, 0) is 40.4 Å². The van der Waals surface area contributed by atoms with E-state index in [0.29, 0.717) is 5.92 Å². The minimum Gasteiger partial charge on any atom is -0.316 e. The summed E-state index contributed by atoms with van der Waals surface area (Å²) in [7, 11) is 2.01. The van der Waals surface area contributed by atoms with Crippen molar-refractivity contribution in [2.24, 2.45) is 7.05 Å². The average molecular weight is 280 g/mol. The number of hydrogen-bond donors (Lipinski definition) is 1. The summed E-state index contributed by atoms with van der Waals surface area (Å²) in [4.78, 5) is 0. The molecular weight excluding hydrogens is 266 g/mol. The van der Waals surface area contributed by atoms with Crippen LogP contribution in [0.4, 0.5) is 0 Å². The van der Waals surface area contributed by atoms with Crippen LogP contribution in [0, 0.1) is 0 Å². The van der Waals surface area contributed by atoms with E-state index >= 15 is 0 Å². The zero-order valence-corrected chi connectivity index (χ0v) is 10.8. The molecule has 1 atom stereocenters. The molecule has 3 rings (SSSR count). The number of benzene rings is 1. The first-order valence-electron chi connectivity index (χ1n) is 5.59. The molecule has 1 aromatic heterocycles. The smallest absolute Gasteiger partial charge is 0.135 e. The minimum atomic E-state index is 0.631. The molecule has 1 aliphatic heterocycles. The van der Waals surface area contributed by atoms with Gasteiger partial charge in [0.15, 0.2) is 0 Å². The van der Waals surface area contributed by atoms with Crippen LogP contribution in [0.15, 0.2) is 22.8 Å². The van der Waals surface area contributed by atoms with E-state index < -0.39 is 0 Å². The number of fused-ring (bicyclic) bond motifs is 1. The van der Waals surface area contributed by atoms with Crippen molar-refractivity contribution in [2.75, 3.05) is 13.1 Å². The van der Waals surface area contributed by atoms with Crippen LogP contribution in [0.25, 0.3) is 10.9 Å². The summed E-state index contributed by atoms with van der Waals surface area (Å²) in [5.74, 6) is 0.631. The molecule has 1 unspecified atom stereocenters. The van der Waals surface area contributed by atoms with Gasteiger partial charge in [0.05, 0.1) is 5.52 Å². The first-order chi connectivity index (χ1) is 7.77. The van der Waals surface area contributed by atoms with Gasteiger partial charge in [-0.2, -0.15) is 5.10 Å². The second-order valence-electron chi connectivity index (χ2n) is 4.35. The number of nitrogens with zero attached hydrogens (tertiary/aromatic N) is 2. The van der Waals surface area contributed by atoms with Gasteiger partial charge < -0.3 is 5.32 Å². The van der Waals surface area contributed by atoms with E-state index in [1.165, 1.54) is 22.9 Å². The molecule has 4 heteroatoms. The van der Waals surface area contributed by atoms with E-state index in [1.54, 1.807) is 0 Å². The molecule has 0 aliphatic carbocycles. The van der Waals surface area contributed by atoms with Crippen molar-refractivity contribution < 1.29 is 0 Å². The van der Waals surface area contributed by atoms with E-state index in [4.69, 9.17) is 0 Å². The van der Waals surface area contributed by atoms with Crippen molar-refractivity contribution in [3.05, 3.63) is 28.4 Å². The maximum atomic E-state index is 4.44. The molecule has 2 aromatic rings. The number of rotatable bonds is 1. The maximum absolute atomic E-state index is 4.44. The predicted octanol–water partition coefficient (Wildman–Crippen LogP) is 2.41. The van der Waals surface area contributed by atoms with Crippen LogP contribution in [0.2, 0.25) is 0 Å². The summed E-state index contributed by atoms with van der Waals surface area (Å²) in [6.45, 7) is 2.21. The van der Waals surface area contributed by atoms with Gasteiger partial charge in [0.1, 0.15) is 4.60 Å². The lowest BCUT2D eigenvalue weighted by atomic mass is 9.96. The lowest BCUT2D eigenvalue weighted by molar-refractivity contribution is 0.742. The second kappa shape index (κ2) is 3.86. The third-order valence-corrected chi connectivity index (χ3v) is 3.94. The van der Waals surface area contributed by atoms with Gasteiger partial charge in [-0.1, -0.05) is 18.2 Å².